The van der Waals surface area contributed by atoms with Gasteiger partial charge in [0.15, 0.2) is 0 Å². The van der Waals surface area contributed by atoms with E-state index in [2.05, 4.69) is 9.97 Å². The molecule has 0 saturated carbocycles. The summed E-state index contributed by atoms with van der Waals surface area (Å²) in [6.45, 7) is 1.83. The maximum absolute atomic E-state index is 12.7. The number of ether oxygens (including phenoxy) is 2. The summed E-state index contributed by atoms with van der Waals surface area (Å²) in [5.41, 5.74) is -0.457. The number of halogens is 3. The van der Waals surface area contributed by atoms with Crippen LogP contribution in [0.25, 0.3) is 0 Å². The molecule has 0 aliphatic carbocycles. The molecule has 0 atom stereocenters. The van der Waals surface area contributed by atoms with Gasteiger partial charge in [0.2, 0.25) is 5.88 Å². The second kappa shape index (κ2) is 7.18. The Labute approximate surface area is 165 Å². The van der Waals surface area contributed by atoms with Crippen LogP contribution in [-0.2, 0) is 15.7 Å². The quantitative estimate of drug-likeness (QED) is 0.777. The number of amides is 1. The summed E-state index contributed by atoms with van der Waals surface area (Å²) in [6, 6.07) is 5.83. The zero-order valence-electron chi connectivity index (χ0n) is 15.6. The van der Waals surface area contributed by atoms with Crippen LogP contribution in [0.2, 0.25) is 0 Å². The number of hydrogen-bond acceptors (Lipinski definition) is 6. The van der Waals surface area contributed by atoms with Crippen molar-refractivity contribution < 1.29 is 27.4 Å². The van der Waals surface area contributed by atoms with Crippen molar-refractivity contribution in [1.82, 2.24) is 9.97 Å². The molecule has 29 heavy (non-hydrogen) atoms. The lowest BCUT2D eigenvalue weighted by atomic mass is 9.80. The van der Waals surface area contributed by atoms with Crippen molar-refractivity contribution in [3.05, 3.63) is 42.2 Å². The first kappa shape index (κ1) is 19.4. The van der Waals surface area contributed by atoms with Crippen molar-refractivity contribution in [2.75, 3.05) is 49.8 Å². The molecule has 1 amide bonds. The molecule has 2 aromatic heterocycles. The SMILES string of the molecule is COc1ccc(N2CC3(COCC2=O)CN(c2ccc(C(F)(F)F)cn2)C3)cn1. The van der Waals surface area contributed by atoms with Gasteiger partial charge in [-0.15, -0.1) is 0 Å². The third-order valence-corrected chi connectivity index (χ3v) is 5.12. The van der Waals surface area contributed by atoms with E-state index in [4.69, 9.17) is 9.47 Å². The fraction of sp³-hybridized carbons (Fsp3) is 0.421. The molecule has 10 heteroatoms. The Morgan fingerprint density at radius 1 is 1.10 bits per heavy atom. The normalized spacial score (nSPS) is 19.1. The molecule has 154 valence electrons. The van der Waals surface area contributed by atoms with Gasteiger partial charge in [-0.1, -0.05) is 0 Å². The minimum absolute atomic E-state index is 0.0354. The monoisotopic (exact) mass is 408 g/mol. The Kier molecular flexibility index (Phi) is 4.81. The van der Waals surface area contributed by atoms with Gasteiger partial charge in [-0.05, 0) is 18.2 Å². The molecule has 4 heterocycles. The molecular formula is C19H19F3N4O3. The first-order valence-corrected chi connectivity index (χ1v) is 8.96. The number of hydrogen-bond donors (Lipinski definition) is 0. The van der Waals surface area contributed by atoms with E-state index in [9.17, 15) is 18.0 Å². The van der Waals surface area contributed by atoms with Gasteiger partial charge in [0.1, 0.15) is 12.4 Å². The largest absolute Gasteiger partial charge is 0.481 e. The molecule has 2 saturated heterocycles. The molecule has 4 rings (SSSR count). The first-order chi connectivity index (χ1) is 13.8. The molecule has 2 aromatic rings. The van der Waals surface area contributed by atoms with Gasteiger partial charge in [0.25, 0.3) is 5.91 Å². The van der Waals surface area contributed by atoms with Crippen LogP contribution in [0.4, 0.5) is 24.7 Å². The first-order valence-electron chi connectivity index (χ1n) is 8.96. The average molecular weight is 408 g/mol. The maximum atomic E-state index is 12.7. The lowest BCUT2D eigenvalue weighted by Crippen LogP contribution is -2.63. The van der Waals surface area contributed by atoms with Gasteiger partial charge in [0.05, 0.1) is 31.2 Å². The summed E-state index contributed by atoms with van der Waals surface area (Å²) in [6.07, 6.45) is -2.00. The maximum Gasteiger partial charge on any atom is 0.417 e. The number of pyridine rings is 2. The highest BCUT2D eigenvalue weighted by molar-refractivity contribution is 5.94. The molecule has 1 spiro atoms. The van der Waals surface area contributed by atoms with Gasteiger partial charge in [-0.3, -0.25) is 4.79 Å². The Morgan fingerprint density at radius 2 is 1.90 bits per heavy atom. The number of rotatable bonds is 3. The Morgan fingerprint density at radius 3 is 2.48 bits per heavy atom. The zero-order chi connectivity index (χ0) is 20.6. The molecule has 7 nitrogen and oxygen atoms in total. The third-order valence-electron chi connectivity index (χ3n) is 5.12. The molecule has 2 aliphatic rings. The number of anilines is 2. The van der Waals surface area contributed by atoms with Crippen LogP contribution >= 0.6 is 0 Å². The smallest absolute Gasteiger partial charge is 0.417 e. The minimum atomic E-state index is -4.41. The molecule has 0 radical (unpaired) electrons. The second-order valence-electron chi connectivity index (χ2n) is 7.29. The van der Waals surface area contributed by atoms with Crippen molar-refractivity contribution in [1.29, 1.82) is 0 Å². The summed E-state index contributed by atoms with van der Waals surface area (Å²) < 4.78 is 48.8. The highest BCUT2D eigenvalue weighted by atomic mass is 19.4. The standard InChI is InChI=1S/C19H19F3N4O3/c1-28-16-5-3-14(7-24-16)26-11-18(12-29-8-17(26)27)9-25(10-18)15-4-2-13(6-23-15)19(20,21)22/h2-7H,8-12H2,1H3. The van der Waals surface area contributed by atoms with E-state index in [0.29, 0.717) is 43.6 Å². The number of carbonyl (C=O) groups is 1. The third kappa shape index (κ3) is 3.84. The molecule has 2 aliphatic heterocycles. The number of nitrogens with zero attached hydrogens (tertiary/aromatic N) is 4. The van der Waals surface area contributed by atoms with Crippen molar-refractivity contribution in [2.24, 2.45) is 5.41 Å². The number of aromatic nitrogens is 2. The lowest BCUT2D eigenvalue weighted by molar-refractivity contribution is -0.137. The van der Waals surface area contributed by atoms with E-state index in [1.54, 1.807) is 23.2 Å². The van der Waals surface area contributed by atoms with E-state index in [1.165, 1.54) is 13.2 Å². The molecular weight excluding hydrogens is 389 g/mol. The minimum Gasteiger partial charge on any atom is -0.481 e. The molecule has 2 fully saturated rings. The summed E-state index contributed by atoms with van der Waals surface area (Å²) in [5, 5.41) is 0. The van der Waals surface area contributed by atoms with Crippen LogP contribution in [0.15, 0.2) is 36.7 Å². The molecule has 0 bridgehead atoms. The average Bonchev–Trinajstić information content (AvgIpc) is 2.85. The van der Waals surface area contributed by atoms with Gasteiger partial charge in [0, 0.05) is 37.3 Å². The van der Waals surface area contributed by atoms with E-state index in [-0.39, 0.29) is 17.9 Å². The van der Waals surface area contributed by atoms with Crippen LogP contribution in [-0.4, -0.2) is 55.8 Å². The van der Waals surface area contributed by atoms with E-state index in [0.717, 1.165) is 12.3 Å². The van der Waals surface area contributed by atoms with Gasteiger partial charge in [-0.25, -0.2) is 9.97 Å². The lowest BCUT2D eigenvalue weighted by Gasteiger charge is -2.51. The van der Waals surface area contributed by atoms with Crippen LogP contribution in [0.3, 0.4) is 0 Å². The second-order valence-corrected chi connectivity index (χ2v) is 7.29. The van der Waals surface area contributed by atoms with Crippen molar-refractivity contribution in [2.45, 2.75) is 6.18 Å². The van der Waals surface area contributed by atoms with Gasteiger partial charge in [-0.2, -0.15) is 13.2 Å². The Bertz CT molecular complexity index is 881. The predicted octanol–water partition coefficient (Wildman–Crippen LogP) is 2.37. The Balaban J connectivity index is 1.48. The van der Waals surface area contributed by atoms with Crippen molar-refractivity contribution >= 4 is 17.4 Å². The summed E-state index contributed by atoms with van der Waals surface area (Å²) in [5.74, 6) is 0.752. The summed E-state index contributed by atoms with van der Waals surface area (Å²) >= 11 is 0. The van der Waals surface area contributed by atoms with Crippen LogP contribution in [0, 0.1) is 5.41 Å². The fourth-order valence-corrected chi connectivity index (χ4v) is 3.65. The van der Waals surface area contributed by atoms with Crippen LogP contribution in [0.1, 0.15) is 5.56 Å². The van der Waals surface area contributed by atoms with E-state index < -0.39 is 11.7 Å². The number of methoxy groups -OCH3 is 1. The van der Waals surface area contributed by atoms with E-state index in [1.807, 2.05) is 4.90 Å². The van der Waals surface area contributed by atoms with Gasteiger partial charge < -0.3 is 19.3 Å². The number of alkyl halides is 3. The highest BCUT2D eigenvalue weighted by Crippen LogP contribution is 2.38. The van der Waals surface area contributed by atoms with Crippen LogP contribution in [0.5, 0.6) is 5.88 Å². The topological polar surface area (TPSA) is 67.8 Å². The van der Waals surface area contributed by atoms with E-state index >= 15 is 0 Å². The zero-order valence-corrected chi connectivity index (χ0v) is 15.6. The van der Waals surface area contributed by atoms with Crippen molar-refractivity contribution in [3.63, 3.8) is 0 Å². The highest BCUT2D eigenvalue weighted by Gasteiger charge is 2.47. The summed E-state index contributed by atoms with van der Waals surface area (Å²) in [4.78, 5) is 24.1. The predicted molar refractivity (Wildman–Crippen MR) is 97.8 cm³/mol. The summed E-state index contributed by atoms with van der Waals surface area (Å²) in [7, 11) is 1.51. The van der Waals surface area contributed by atoms with Crippen LogP contribution < -0.4 is 14.5 Å². The number of carbonyl (C=O) groups excluding carboxylic acids is 1. The Hall–Kier alpha value is -2.88. The molecule has 0 N–H and O–H groups in total. The van der Waals surface area contributed by atoms with Crippen molar-refractivity contribution in [3.8, 4) is 5.88 Å². The van der Waals surface area contributed by atoms with Gasteiger partial charge >= 0.3 is 6.18 Å². The molecule has 0 unspecified atom stereocenters. The molecule has 0 aromatic carbocycles. The fourth-order valence-electron chi connectivity index (χ4n) is 3.65.